The average Bonchev–Trinajstić information content (AvgIpc) is 2.47. The molecule has 1 saturated heterocycles. The molecule has 0 radical (unpaired) electrons. The first-order valence-corrected chi connectivity index (χ1v) is 7.38. The lowest BCUT2D eigenvalue weighted by Crippen LogP contribution is -2.40. The predicted octanol–water partition coefficient (Wildman–Crippen LogP) is 2.75. The van der Waals surface area contributed by atoms with Gasteiger partial charge in [0.15, 0.2) is 0 Å². The number of anilines is 1. The number of benzene rings is 1. The molecule has 1 fully saturated rings. The van der Waals surface area contributed by atoms with Crippen LogP contribution in [0.2, 0.25) is 0 Å². The minimum absolute atomic E-state index is 0.279. The molecule has 1 aromatic rings. The van der Waals surface area contributed by atoms with Gasteiger partial charge in [-0.2, -0.15) is 0 Å². The van der Waals surface area contributed by atoms with E-state index >= 15 is 0 Å². The molecule has 1 heterocycles. The number of rotatable bonds is 5. The van der Waals surface area contributed by atoms with Crippen LogP contribution >= 0.6 is 0 Å². The summed E-state index contributed by atoms with van der Waals surface area (Å²) < 4.78 is 11.2. The molecule has 1 N–H and O–H groups in total. The van der Waals surface area contributed by atoms with Crippen molar-refractivity contribution >= 4 is 5.69 Å². The molecule has 4 heteroatoms. The third-order valence-electron chi connectivity index (χ3n) is 3.80. The van der Waals surface area contributed by atoms with Gasteiger partial charge >= 0.3 is 0 Å². The summed E-state index contributed by atoms with van der Waals surface area (Å²) in [4.78, 5) is 2.30. The predicted molar refractivity (Wildman–Crippen MR) is 80.5 cm³/mol. The highest BCUT2D eigenvalue weighted by molar-refractivity contribution is 5.60. The monoisotopic (exact) mass is 279 g/mol. The Morgan fingerprint density at radius 1 is 1.45 bits per heavy atom. The molecule has 0 saturated carbocycles. The number of hydrogen-bond donors (Lipinski definition) is 1. The molecule has 2 atom stereocenters. The molecule has 0 aromatic heterocycles. The van der Waals surface area contributed by atoms with Crippen molar-refractivity contribution in [3.05, 3.63) is 23.8 Å². The second-order valence-electron chi connectivity index (χ2n) is 5.23. The van der Waals surface area contributed by atoms with E-state index in [-0.39, 0.29) is 6.10 Å². The van der Waals surface area contributed by atoms with E-state index in [2.05, 4.69) is 11.0 Å². The Kier molecular flexibility index (Phi) is 5.26. The minimum atomic E-state index is -0.548. The van der Waals surface area contributed by atoms with Crippen molar-refractivity contribution in [3.8, 4) is 5.75 Å². The molecule has 0 spiro atoms. The highest BCUT2D eigenvalue weighted by Crippen LogP contribution is 2.35. The normalized spacial score (nSPS) is 20.8. The van der Waals surface area contributed by atoms with E-state index in [1.165, 1.54) is 0 Å². The fourth-order valence-corrected chi connectivity index (χ4v) is 2.93. The van der Waals surface area contributed by atoms with E-state index in [1.807, 2.05) is 19.1 Å². The van der Waals surface area contributed by atoms with E-state index < -0.39 is 6.10 Å². The minimum Gasteiger partial charge on any atom is -0.496 e. The molecule has 0 aliphatic carbocycles. The molecule has 112 valence electrons. The Morgan fingerprint density at radius 2 is 2.25 bits per heavy atom. The number of aliphatic hydroxyl groups excluding tert-OH is 1. The van der Waals surface area contributed by atoms with Crippen LogP contribution in [0.15, 0.2) is 18.2 Å². The molecule has 0 amide bonds. The quantitative estimate of drug-likeness (QED) is 0.900. The summed E-state index contributed by atoms with van der Waals surface area (Å²) in [5.41, 5.74) is 1.93. The molecule has 1 unspecified atom stereocenters. The van der Waals surface area contributed by atoms with Gasteiger partial charge in [0, 0.05) is 30.9 Å². The number of hydrogen-bond acceptors (Lipinski definition) is 4. The van der Waals surface area contributed by atoms with Gasteiger partial charge in [0.05, 0.1) is 19.3 Å². The average molecular weight is 279 g/mol. The van der Waals surface area contributed by atoms with Crippen molar-refractivity contribution in [2.45, 2.75) is 38.9 Å². The van der Waals surface area contributed by atoms with Gasteiger partial charge in [-0.25, -0.2) is 0 Å². The van der Waals surface area contributed by atoms with Gasteiger partial charge < -0.3 is 19.5 Å². The van der Waals surface area contributed by atoms with Crippen LogP contribution in [0.4, 0.5) is 5.69 Å². The maximum Gasteiger partial charge on any atom is 0.126 e. The van der Waals surface area contributed by atoms with Gasteiger partial charge in [0.2, 0.25) is 0 Å². The fraction of sp³-hybridized carbons (Fsp3) is 0.625. The summed E-state index contributed by atoms with van der Waals surface area (Å²) in [6.07, 6.45) is 1.95. The second-order valence-corrected chi connectivity index (χ2v) is 5.23. The van der Waals surface area contributed by atoms with Crippen LogP contribution in [0.5, 0.6) is 5.75 Å². The van der Waals surface area contributed by atoms with Crippen LogP contribution in [0.1, 0.15) is 38.4 Å². The van der Waals surface area contributed by atoms with Crippen molar-refractivity contribution < 1.29 is 14.6 Å². The Morgan fingerprint density at radius 3 is 2.90 bits per heavy atom. The number of aliphatic hydroxyl groups is 1. The molecule has 0 bridgehead atoms. The van der Waals surface area contributed by atoms with E-state index in [4.69, 9.17) is 9.47 Å². The van der Waals surface area contributed by atoms with Crippen LogP contribution in [0.3, 0.4) is 0 Å². The zero-order valence-corrected chi connectivity index (χ0v) is 12.6. The summed E-state index contributed by atoms with van der Waals surface area (Å²) in [6.45, 7) is 6.44. The second kappa shape index (κ2) is 6.95. The first kappa shape index (κ1) is 15.1. The molecular formula is C16H25NO3. The van der Waals surface area contributed by atoms with Gasteiger partial charge in [-0.05, 0) is 38.8 Å². The van der Waals surface area contributed by atoms with E-state index in [1.54, 1.807) is 14.0 Å². The van der Waals surface area contributed by atoms with Gasteiger partial charge in [-0.3, -0.25) is 0 Å². The standard InChI is InChI=1S/C16H25NO3/c1-4-20-13-7-6-10-17(11-13)14-8-5-9-15(19-3)16(14)12(2)18/h5,8-9,12-13,18H,4,6-7,10-11H2,1-3H3/t12-,13?/m1/s1. The van der Waals surface area contributed by atoms with E-state index in [0.717, 1.165) is 49.5 Å². The highest BCUT2D eigenvalue weighted by Gasteiger charge is 2.24. The van der Waals surface area contributed by atoms with Gasteiger partial charge in [0.25, 0.3) is 0 Å². The summed E-state index contributed by atoms with van der Waals surface area (Å²) in [7, 11) is 1.64. The molecule has 1 aliphatic heterocycles. The van der Waals surface area contributed by atoms with Gasteiger partial charge in [0.1, 0.15) is 5.75 Å². The van der Waals surface area contributed by atoms with Crippen LogP contribution < -0.4 is 9.64 Å². The molecule has 1 aromatic carbocycles. The van der Waals surface area contributed by atoms with Crippen LogP contribution in [-0.4, -0.2) is 38.0 Å². The van der Waals surface area contributed by atoms with Crippen molar-refractivity contribution in [2.24, 2.45) is 0 Å². The van der Waals surface area contributed by atoms with Crippen molar-refractivity contribution in [1.29, 1.82) is 0 Å². The van der Waals surface area contributed by atoms with Crippen LogP contribution in [0, 0.1) is 0 Å². The van der Waals surface area contributed by atoms with Crippen molar-refractivity contribution in [3.63, 3.8) is 0 Å². The molecule has 20 heavy (non-hydrogen) atoms. The third-order valence-corrected chi connectivity index (χ3v) is 3.80. The number of piperidine rings is 1. The zero-order valence-electron chi connectivity index (χ0n) is 12.6. The smallest absolute Gasteiger partial charge is 0.126 e. The number of nitrogens with zero attached hydrogens (tertiary/aromatic N) is 1. The maximum absolute atomic E-state index is 10.1. The largest absolute Gasteiger partial charge is 0.496 e. The Labute approximate surface area is 121 Å². The molecule has 2 rings (SSSR count). The fourth-order valence-electron chi connectivity index (χ4n) is 2.93. The summed E-state index contributed by atoms with van der Waals surface area (Å²) >= 11 is 0. The highest BCUT2D eigenvalue weighted by atomic mass is 16.5. The lowest BCUT2D eigenvalue weighted by Gasteiger charge is -2.36. The Hall–Kier alpha value is -1.26. The summed E-state index contributed by atoms with van der Waals surface area (Å²) in [5, 5.41) is 10.1. The Bertz CT molecular complexity index is 432. The topological polar surface area (TPSA) is 41.9 Å². The first-order chi connectivity index (χ1) is 9.67. The number of methoxy groups -OCH3 is 1. The SMILES string of the molecule is CCOC1CCCN(c2cccc(OC)c2[C@@H](C)O)C1. The van der Waals surface area contributed by atoms with Gasteiger partial charge in [-0.15, -0.1) is 0 Å². The van der Waals surface area contributed by atoms with Crippen molar-refractivity contribution in [2.75, 3.05) is 31.7 Å². The summed E-state index contributed by atoms with van der Waals surface area (Å²) in [6, 6.07) is 5.93. The lowest BCUT2D eigenvalue weighted by atomic mass is 10.0. The van der Waals surface area contributed by atoms with Crippen LogP contribution in [-0.2, 0) is 4.74 Å². The summed E-state index contributed by atoms with van der Waals surface area (Å²) in [5.74, 6) is 0.746. The zero-order chi connectivity index (χ0) is 14.5. The molecule has 1 aliphatic rings. The van der Waals surface area contributed by atoms with Crippen LogP contribution in [0.25, 0.3) is 0 Å². The molecule has 4 nitrogen and oxygen atoms in total. The van der Waals surface area contributed by atoms with Gasteiger partial charge in [-0.1, -0.05) is 6.07 Å². The molecular weight excluding hydrogens is 254 g/mol. The van der Waals surface area contributed by atoms with E-state index in [9.17, 15) is 5.11 Å². The Balaban J connectivity index is 2.27. The number of ether oxygens (including phenoxy) is 2. The maximum atomic E-state index is 10.1. The first-order valence-electron chi connectivity index (χ1n) is 7.38. The lowest BCUT2D eigenvalue weighted by molar-refractivity contribution is 0.0525. The van der Waals surface area contributed by atoms with E-state index in [0.29, 0.717) is 0 Å². The van der Waals surface area contributed by atoms with Crippen molar-refractivity contribution in [1.82, 2.24) is 0 Å². The third kappa shape index (κ3) is 3.25.